The van der Waals surface area contributed by atoms with Gasteiger partial charge in [-0.15, -0.1) is 0 Å². The summed E-state index contributed by atoms with van der Waals surface area (Å²) in [6.07, 6.45) is 1.29. The minimum Gasteiger partial charge on any atom is -0.373 e. The van der Waals surface area contributed by atoms with Crippen molar-refractivity contribution in [3.05, 3.63) is 12.3 Å². The highest BCUT2D eigenvalue weighted by Gasteiger charge is 2.31. The predicted octanol–water partition coefficient (Wildman–Crippen LogP) is 0.176. The first kappa shape index (κ1) is 12.3. The number of morpholine rings is 1. The SMILES string of the molecule is CC1CN(S(=O)(=O)Nc2ccn[nH]2)CC(C)O1. The Bertz CT molecular complexity index is 449. The average molecular weight is 260 g/mol. The number of rotatable bonds is 3. The molecule has 1 aromatic heterocycles. The fraction of sp³-hybridized carbons (Fsp3) is 0.667. The molecule has 0 amide bonds. The molecule has 96 valence electrons. The summed E-state index contributed by atoms with van der Waals surface area (Å²) in [6, 6.07) is 1.56. The van der Waals surface area contributed by atoms with E-state index in [2.05, 4.69) is 14.9 Å². The average Bonchev–Trinajstić information content (AvgIpc) is 2.68. The van der Waals surface area contributed by atoms with Crippen molar-refractivity contribution in [3.8, 4) is 0 Å². The van der Waals surface area contributed by atoms with Gasteiger partial charge in [0.25, 0.3) is 0 Å². The van der Waals surface area contributed by atoms with Crippen molar-refractivity contribution in [2.75, 3.05) is 17.8 Å². The normalized spacial score (nSPS) is 26.9. The zero-order chi connectivity index (χ0) is 12.5. The minimum absolute atomic E-state index is 0.0999. The Morgan fingerprint density at radius 3 is 2.65 bits per heavy atom. The summed E-state index contributed by atoms with van der Waals surface area (Å²) in [7, 11) is -3.54. The van der Waals surface area contributed by atoms with Crippen molar-refractivity contribution in [1.82, 2.24) is 14.5 Å². The van der Waals surface area contributed by atoms with Gasteiger partial charge < -0.3 is 4.74 Å². The number of aromatic amines is 1. The summed E-state index contributed by atoms with van der Waals surface area (Å²) in [5, 5.41) is 6.24. The van der Waals surface area contributed by atoms with Crippen molar-refractivity contribution in [2.24, 2.45) is 0 Å². The van der Waals surface area contributed by atoms with Gasteiger partial charge >= 0.3 is 10.2 Å². The zero-order valence-corrected chi connectivity index (χ0v) is 10.6. The maximum absolute atomic E-state index is 12.1. The van der Waals surface area contributed by atoms with Gasteiger partial charge in [0.1, 0.15) is 5.82 Å². The number of aromatic nitrogens is 2. The van der Waals surface area contributed by atoms with Gasteiger partial charge in [0.15, 0.2) is 0 Å². The molecule has 2 heterocycles. The second-order valence-electron chi connectivity index (χ2n) is 4.15. The van der Waals surface area contributed by atoms with Crippen LogP contribution < -0.4 is 4.72 Å². The van der Waals surface area contributed by atoms with E-state index in [4.69, 9.17) is 4.74 Å². The number of nitrogens with zero attached hydrogens (tertiary/aromatic N) is 2. The fourth-order valence-corrected chi connectivity index (χ4v) is 3.18. The Kier molecular flexibility index (Phi) is 3.36. The molecule has 2 N–H and O–H groups in total. The largest absolute Gasteiger partial charge is 0.373 e. The topological polar surface area (TPSA) is 87.3 Å². The van der Waals surface area contributed by atoms with Crippen LogP contribution in [0.15, 0.2) is 12.3 Å². The molecule has 1 aliphatic rings. The maximum Gasteiger partial charge on any atom is 0.302 e. The van der Waals surface area contributed by atoms with Crippen LogP contribution in [-0.4, -0.2) is 48.2 Å². The number of anilines is 1. The van der Waals surface area contributed by atoms with Crippen molar-refractivity contribution < 1.29 is 13.2 Å². The summed E-state index contributed by atoms with van der Waals surface area (Å²) in [5.41, 5.74) is 0. The molecule has 1 aliphatic heterocycles. The van der Waals surface area contributed by atoms with E-state index < -0.39 is 10.2 Å². The third-order valence-electron chi connectivity index (χ3n) is 2.47. The molecule has 1 aromatic rings. The van der Waals surface area contributed by atoms with E-state index in [1.54, 1.807) is 6.07 Å². The summed E-state index contributed by atoms with van der Waals surface area (Å²) in [5.74, 6) is 0.358. The summed E-state index contributed by atoms with van der Waals surface area (Å²) in [6.45, 7) is 4.42. The van der Waals surface area contributed by atoms with E-state index in [-0.39, 0.29) is 12.2 Å². The van der Waals surface area contributed by atoms with Gasteiger partial charge in [0, 0.05) is 19.2 Å². The summed E-state index contributed by atoms with van der Waals surface area (Å²) in [4.78, 5) is 0. The van der Waals surface area contributed by atoms with E-state index in [0.29, 0.717) is 18.9 Å². The third-order valence-corrected chi connectivity index (χ3v) is 3.92. The van der Waals surface area contributed by atoms with Gasteiger partial charge in [-0.05, 0) is 13.8 Å². The molecule has 2 rings (SSSR count). The number of H-pyrrole nitrogens is 1. The first-order valence-corrected chi connectivity index (χ1v) is 6.84. The quantitative estimate of drug-likeness (QED) is 0.811. The van der Waals surface area contributed by atoms with Crippen LogP contribution >= 0.6 is 0 Å². The van der Waals surface area contributed by atoms with Crippen molar-refractivity contribution in [3.63, 3.8) is 0 Å². The highest BCUT2D eigenvalue weighted by Crippen LogP contribution is 2.15. The smallest absolute Gasteiger partial charge is 0.302 e. The van der Waals surface area contributed by atoms with Crippen LogP contribution in [0.5, 0.6) is 0 Å². The lowest BCUT2D eigenvalue weighted by Crippen LogP contribution is -2.49. The monoisotopic (exact) mass is 260 g/mol. The Balaban J connectivity index is 2.09. The molecule has 7 nitrogen and oxygen atoms in total. The van der Waals surface area contributed by atoms with E-state index in [9.17, 15) is 8.42 Å². The van der Waals surface area contributed by atoms with E-state index in [1.165, 1.54) is 10.5 Å². The molecule has 0 bridgehead atoms. The van der Waals surface area contributed by atoms with Gasteiger partial charge in [-0.2, -0.15) is 17.8 Å². The highest BCUT2D eigenvalue weighted by molar-refractivity contribution is 7.90. The van der Waals surface area contributed by atoms with Crippen LogP contribution in [0.25, 0.3) is 0 Å². The molecule has 0 aromatic carbocycles. The molecule has 0 spiro atoms. The van der Waals surface area contributed by atoms with E-state index in [1.807, 2.05) is 13.8 Å². The Morgan fingerprint density at radius 2 is 2.12 bits per heavy atom. The summed E-state index contributed by atoms with van der Waals surface area (Å²) < 4.78 is 33.4. The van der Waals surface area contributed by atoms with Crippen molar-refractivity contribution >= 4 is 16.0 Å². The van der Waals surface area contributed by atoms with E-state index >= 15 is 0 Å². The van der Waals surface area contributed by atoms with Gasteiger partial charge in [-0.1, -0.05) is 0 Å². The number of ether oxygens (including phenoxy) is 1. The minimum atomic E-state index is -3.54. The summed E-state index contributed by atoms with van der Waals surface area (Å²) >= 11 is 0. The molecule has 2 unspecified atom stereocenters. The van der Waals surface area contributed by atoms with Crippen LogP contribution in [0.3, 0.4) is 0 Å². The second kappa shape index (κ2) is 4.63. The molecule has 8 heteroatoms. The highest BCUT2D eigenvalue weighted by atomic mass is 32.2. The van der Waals surface area contributed by atoms with Gasteiger partial charge in [0.2, 0.25) is 0 Å². The van der Waals surface area contributed by atoms with E-state index in [0.717, 1.165) is 0 Å². The first-order chi connectivity index (χ1) is 7.97. The van der Waals surface area contributed by atoms with Crippen LogP contribution in [0.1, 0.15) is 13.8 Å². The van der Waals surface area contributed by atoms with Crippen LogP contribution in [0.2, 0.25) is 0 Å². The first-order valence-electron chi connectivity index (χ1n) is 5.40. The van der Waals surface area contributed by atoms with Crippen LogP contribution in [0.4, 0.5) is 5.82 Å². The lowest BCUT2D eigenvalue weighted by atomic mass is 10.3. The fourth-order valence-electron chi connectivity index (χ4n) is 1.84. The predicted molar refractivity (Wildman–Crippen MR) is 62.7 cm³/mol. The molecule has 0 radical (unpaired) electrons. The Morgan fingerprint density at radius 1 is 1.47 bits per heavy atom. The van der Waals surface area contributed by atoms with Gasteiger partial charge in [0.05, 0.1) is 18.4 Å². The van der Waals surface area contributed by atoms with Crippen LogP contribution in [0, 0.1) is 0 Å². The van der Waals surface area contributed by atoms with Gasteiger partial charge in [-0.3, -0.25) is 9.82 Å². The second-order valence-corrected chi connectivity index (χ2v) is 5.82. The lowest BCUT2D eigenvalue weighted by Gasteiger charge is -2.34. The molecular formula is C9H16N4O3S. The number of nitrogens with one attached hydrogen (secondary N) is 2. The maximum atomic E-state index is 12.1. The van der Waals surface area contributed by atoms with Crippen molar-refractivity contribution in [2.45, 2.75) is 26.1 Å². The molecule has 0 saturated carbocycles. The third kappa shape index (κ3) is 2.96. The van der Waals surface area contributed by atoms with Gasteiger partial charge in [-0.25, -0.2) is 0 Å². The molecule has 1 fully saturated rings. The standard InChI is InChI=1S/C9H16N4O3S/c1-7-5-13(6-8(2)16-7)17(14,15)12-9-3-4-10-11-9/h3-4,7-8H,5-6H2,1-2H3,(H2,10,11,12). The molecule has 0 aliphatic carbocycles. The molecule has 1 saturated heterocycles. The van der Waals surface area contributed by atoms with Crippen molar-refractivity contribution in [1.29, 1.82) is 0 Å². The zero-order valence-electron chi connectivity index (χ0n) is 9.75. The molecule has 2 atom stereocenters. The Labute approximate surface area is 100 Å². The Hall–Kier alpha value is -1.12. The number of hydrogen-bond donors (Lipinski definition) is 2. The molecular weight excluding hydrogens is 244 g/mol. The molecule has 17 heavy (non-hydrogen) atoms. The van der Waals surface area contributed by atoms with Crippen LogP contribution in [-0.2, 0) is 14.9 Å². The lowest BCUT2D eigenvalue weighted by molar-refractivity contribution is -0.0439. The number of hydrogen-bond acceptors (Lipinski definition) is 4.